The van der Waals surface area contributed by atoms with Gasteiger partial charge in [0.15, 0.2) is 16.6 Å². The smallest absolute Gasteiger partial charge is 0.279 e. The van der Waals surface area contributed by atoms with Crippen molar-refractivity contribution < 1.29 is 9.32 Å². The predicted molar refractivity (Wildman–Crippen MR) is 100 cm³/mol. The van der Waals surface area contributed by atoms with Gasteiger partial charge in [0.2, 0.25) is 0 Å². The number of pyridine rings is 1. The van der Waals surface area contributed by atoms with Crippen LogP contribution in [0.25, 0.3) is 11.3 Å². The summed E-state index contributed by atoms with van der Waals surface area (Å²) in [4.78, 5) is 22.4. The number of rotatable bonds is 5. The summed E-state index contributed by atoms with van der Waals surface area (Å²) in [5.74, 6) is 0.957. The van der Waals surface area contributed by atoms with Gasteiger partial charge in [-0.25, -0.2) is 4.98 Å². The number of aryl methyl sites for hydroxylation is 1. The number of anilines is 1. The highest BCUT2D eigenvalue weighted by Crippen LogP contribution is 2.34. The van der Waals surface area contributed by atoms with Gasteiger partial charge in [-0.05, 0) is 37.3 Å². The molecule has 1 aliphatic carbocycles. The van der Waals surface area contributed by atoms with Crippen molar-refractivity contribution in [3.63, 3.8) is 0 Å². The Balaban J connectivity index is 1.45. The Labute approximate surface area is 155 Å². The van der Waals surface area contributed by atoms with Crippen molar-refractivity contribution >= 4 is 22.4 Å². The Morgan fingerprint density at radius 2 is 2.38 bits per heavy atom. The number of carbonyl (C=O) groups excluding carboxylic acids is 1. The molecule has 0 radical (unpaired) electrons. The van der Waals surface area contributed by atoms with Crippen molar-refractivity contribution in [1.29, 1.82) is 0 Å². The van der Waals surface area contributed by atoms with Gasteiger partial charge in [0.25, 0.3) is 5.91 Å². The lowest BCUT2D eigenvalue weighted by atomic mass is 9.88. The van der Waals surface area contributed by atoms with E-state index in [0.29, 0.717) is 10.9 Å². The van der Waals surface area contributed by atoms with E-state index in [2.05, 4.69) is 27.4 Å². The van der Waals surface area contributed by atoms with Crippen LogP contribution < -0.4 is 5.32 Å². The van der Waals surface area contributed by atoms with E-state index >= 15 is 0 Å². The highest BCUT2D eigenvalue weighted by atomic mass is 32.1. The molecule has 7 heteroatoms. The minimum absolute atomic E-state index is 0.237. The summed E-state index contributed by atoms with van der Waals surface area (Å²) >= 11 is 1.58. The van der Waals surface area contributed by atoms with Crippen LogP contribution in [-0.2, 0) is 12.8 Å². The Kier molecular flexibility index (Phi) is 4.79. The van der Waals surface area contributed by atoms with Gasteiger partial charge in [-0.15, -0.1) is 11.3 Å². The largest absolute Gasteiger partial charge is 0.355 e. The fraction of sp³-hybridized carbons (Fsp3) is 0.368. The van der Waals surface area contributed by atoms with Gasteiger partial charge in [-0.2, -0.15) is 0 Å². The first-order valence-electron chi connectivity index (χ1n) is 8.90. The minimum Gasteiger partial charge on any atom is -0.355 e. The summed E-state index contributed by atoms with van der Waals surface area (Å²) in [7, 11) is 0. The summed E-state index contributed by atoms with van der Waals surface area (Å²) in [6.45, 7) is 2.23. The normalized spacial score (nSPS) is 16.3. The zero-order valence-corrected chi connectivity index (χ0v) is 15.4. The summed E-state index contributed by atoms with van der Waals surface area (Å²) in [5, 5.41) is 7.37. The van der Waals surface area contributed by atoms with Crippen molar-refractivity contribution in [3.05, 3.63) is 46.9 Å². The third kappa shape index (κ3) is 3.53. The van der Waals surface area contributed by atoms with Crippen LogP contribution in [-0.4, -0.2) is 21.0 Å². The maximum atomic E-state index is 12.5. The molecule has 6 nitrogen and oxygen atoms in total. The van der Waals surface area contributed by atoms with Crippen LogP contribution in [0.15, 0.2) is 35.1 Å². The Bertz CT molecular complexity index is 903. The Hall–Kier alpha value is -2.54. The summed E-state index contributed by atoms with van der Waals surface area (Å²) in [6, 6.07) is 5.29. The molecule has 134 valence electrons. The van der Waals surface area contributed by atoms with Gasteiger partial charge in [-0.3, -0.25) is 15.1 Å². The summed E-state index contributed by atoms with van der Waals surface area (Å²) < 4.78 is 5.26. The first-order chi connectivity index (χ1) is 12.7. The van der Waals surface area contributed by atoms with Crippen LogP contribution >= 0.6 is 11.3 Å². The number of aromatic nitrogens is 3. The molecule has 1 amide bonds. The maximum absolute atomic E-state index is 12.5. The number of thiazole rings is 1. The molecular formula is C19H20N4O2S. The van der Waals surface area contributed by atoms with Gasteiger partial charge >= 0.3 is 0 Å². The molecule has 26 heavy (non-hydrogen) atoms. The molecule has 0 aromatic carbocycles. The van der Waals surface area contributed by atoms with Crippen molar-refractivity contribution in [1.82, 2.24) is 15.1 Å². The van der Waals surface area contributed by atoms with Crippen molar-refractivity contribution in [2.75, 3.05) is 5.32 Å². The van der Waals surface area contributed by atoms with E-state index in [1.54, 1.807) is 29.8 Å². The number of amides is 1. The van der Waals surface area contributed by atoms with Crippen molar-refractivity contribution in [3.8, 4) is 11.3 Å². The topological polar surface area (TPSA) is 80.9 Å². The number of hydrogen-bond donors (Lipinski definition) is 1. The van der Waals surface area contributed by atoms with Gasteiger partial charge in [0.1, 0.15) is 0 Å². The number of nitrogens with one attached hydrogen (secondary N) is 1. The standard InChI is InChI=1S/C19H20N4O2S/c1-2-4-12-6-7-14-17(9-12)26-19(21-14)22-18(24)15-10-16(25-23-15)13-5-3-8-20-11-13/h3,5,8,10-12H,2,4,6-7,9H2,1H3,(H,21,22,24). The van der Waals surface area contributed by atoms with E-state index in [0.717, 1.165) is 30.0 Å². The second-order valence-corrected chi connectivity index (χ2v) is 7.64. The second-order valence-electron chi connectivity index (χ2n) is 6.56. The fourth-order valence-electron chi connectivity index (χ4n) is 3.34. The molecule has 1 unspecified atom stereocenters. The number of fused-ring (bicyclic) bond motifs is 1. The lowest BCUT2D eigenvalue weighted by molar-refractivity contribution is 0.101. The molecule has 0 aliphatic heterocycles. The first-order valence-corrected chi connectivity index (χ1v) is 9.71. The second kappa shape index (κ2) is 7.37. The monoisotopic (exact) mass is 368 g/mol. The highest BCUT2D eigenvalue weighted by Gasteiger charge is 2.23. The molecule has 3 aromatic rings. The third-order valence-corrected chi connectivity index (χ3v) is 5.68. The van der Waals surface area contributed by atoms with Crippen LogP contribution in [0.1, 0.15) is 47.2 Å². The van der Waals surface area contributed by atoms with E-state index < -0.39 is 0 Å². The number of hydrogen-bond acceptors (Lipinski definition) is 6. The Morgan fingerprint density at radius 1 is 1.46 bits per heavy atom. The first kappa shape index (κ1) is 16.9. The van der Waals surface area contributed by atoms with Crippen molar-refractivity contribution in [2.24, 2.45) is 5.92 Å². The minimum atomic E-state index is -0.305. The average molecular weight is 368 g/mol. The molecule has 4 rings (SSSR count). The van der Waals surface area contributed by atoms with Crippen LogP contribution in [0.5, 0.6) is 0 Å². The molecule has 3 heterocycles. The van der Waals surface area contributed by atoms with Crippen LogP contribution in [0.4, 0.5) is 5.13 Å². The number of nitrogens with zero attached hydrogens (tertiary/aromatic N) is 3. The highest BCUT2D eigenvalue weighted by molar-refractivity contribution is 7.15. The van der Waals surface area contributed by atoms with Crippen LogP contribution in [0.2, 0.25) is 0 Å². The maximum Gasteiger partial charge on any atom is 0.279 e. The lowest BCUT2D eigenvalue weighted by Gasteiger charge is -2.19. The van der Waals surface area contributed by atoms with E-state index in [4.69, 9.17) is 4.52 Å². The van der Waals surface area contributed by atoms with Crippen molar-refractivity contribution in [2.45, 2.75) is 39.0 Å². The summed E-state index contributed by atoms with van der Waals surface area (Å²) in [6.07, 6.45) is 9.10. The van der Waals surface area contributed by atoms with E-state index in [1.807, 2.05) is 12.1 Å². The predicted octanol–water partition coefficient (Wildman–Crippen LogP) is 4.35. The lowest BCUT2D eigenvalue weighted by Crippen LogP contribution is -2.13. The van der Waals surface area contributed by atoms with Gasteiger partial charge in [-0.1, -0.05) is 24.9 Å². The molecule has 1 atom stereocenters. The van der Waals surface area contributed by atoms with E-state index in [-0.39, 0.29) is 11.6 Å². The van der Waals surface area contributed by atoms with Gasteiger partial charge in [0, 0.05) is 28.9 Å². The summed E-state index contributed by atoms with van der Waals surface area (Å²) in [5.41, 5.74) is 2.15. The van der Waals surface area contributed by atoms with Crippen LogP contribution in [0, 0.1) is 5.92 Å². The third-order valence-electron chi connectivity index (χ3n) is 4.65. The molecule has 0 spiro atoms. The van der Waals surface area contributed by atoms with Crippen LogP contribution in [0.3, 0.4) is 0 Å². The van der Waals surface area contributed by atoms with E-state index in [9.17, 15) is 4.79 Å². The number of carbonyl (C=O) groups is 1. The SMILES string of the molecule is CCCC1CCc2nc(NC(=O)c3cc(-c4cccnc4)on3)sc2C1. The quantitative estimate of drug-likeness (QED) is 0.724. The molecule has 0 saturated carbocycles. The fourth-order valence-corrected chi connectivity index (χ4v) is 4.46. The molecule has 0 bridgehead atoms. The molecule has 3 aromatic heterocycles. The molecule has 1 N–H and O–H groups in total. The molecule has 0 fully saturated rings. The molecular weight excluding hydrogens is 348 g/mol. The zero-order valence-electron chi connectivity index (χ0n) is 14.6. The average Bonchev–Trinajstić information content (AvgIpc) is 3.29. The van der Waals surface area contributed by atoms with Gasteiger partial charge < -0.3 is 4.52 Å². The molecule has 1 aliphatic rings. The van der Waals surface area contributed by atoms with E-state index in [1.165, 1.54) is 24.1 Å². The Morgan fingerprint density at radius 3 is 3.19 bits per heavy atom. The van der Waals surface area contributed by atoms with Gasteiger partial charge in [0.05, 0.1) is 5.69 Å². The molecule has 0 saturated heterocycles. The zero-order chi connectivity index (χ0) is 17.9.